The Balaban J connectivity index is 2.58. The molecule has 0 aliphatic carbocycles. The zero-order valence-corrected chi connectivity index (χ0v) is 15.1. The lowest BCUT2D eigenvalue weighted by atomic mass is 9.91. The maximum atomic E-state index is 12.8. The summed E-state index contributed by atoms with van der Waals surface area (Å²) in [6.45, 7) is 5.31. The van der Waals surface area contributed by atoms with Gasteiger partial charge in [-0.25, -0.2) is 0 Å². The summed E-state index contributed by atoms with van der Waals surface area (Å²) in [5.41, 5.74) is -1.42. The van der Waals surface area contributed by atoms with E-state index in [0.717, 1.165) is 23.5 Å². The average molecular weight is 369 g/mol. The second-order valence-electron chi connectivity index (χ2n) is 6.69. The molecule has 0 bridgehead atoms. The molecule has 1 aromatic heterocycles. The first kappa shape index (κ1) is 19.2. The van der Waals surface area contributed by atoms with Crippen molar-refractivity contribution in [3.63, 3.8) is 0 Å². The lowest BCUT2D eigenvalue weighted by Crippen LogP contribution is -2.30. The largest absolute Gasteiger partial charge is 0.416 e. The molecule has 1 heterocycles. The van der Waals surface area contributed by atoms with Gasteiger partial charge < -0.3 is 4.57 Å². The Labute approximate surface area is 146 Å². The molecule has 25 heavy (non-hydrogen) atoms. The molecule has 0 saturated heterocycles. The number of nitrogens with zero attached hydrogens (tertiary/aromatic N) is 1. The number of Topliss-reactive ketones (excluding diaryl/α,β-unsaturated/α-hetero) is 1. The van der Waals surface area contributed by atoms with Gasteiger partial charge in [-0.3, -0.25) is 9.59 Å². The van der Waals surface area contributed by atoms with E-state index >= 15 is 0 Å². The summed E-state index contributed by atoms with van der Waals surface area (Å²) >= 11 is 1.08. The zero-order valence-electron chi connectivity index (χ0n) is 14.3. The highest BCUT2D eigenvalue weighted by atomic mass is 32.1. The van der Waals surface area contributed by atoms with Gasteiger partial charge in [0, 0.05) is 18.5 Å². The normalized spacial score (nSPS) is 14.2. The van der Waals surface area contributed by atoms with Crippen molar-refractivity contribution in [3.05, 3.63) is 54.9 Å². The van der Waals surface area contributed by atoms with Gasteiger partial charge in [-0.05, 0) is 23.8 Å². The molecule has 7 heteroatoms. The van der Waals surface area contributed by atoms with Crippen molar-refractivity contribution < 1.29 is 18.0 Å². The van der Waals surface area contributed by atoms with Crippen molar-refractivity contribution in [1.29, 1.82) is 0 Å². The van der Waals surface area contributed by atoms with Crippen molar-refractivity contribution >= 4 is 29.3 Å². The monoisotopic (exact) mass is 369 g/mol. The van der Waals surface area contributed by atoms with Crippen LogP contribution in [0.25, 0.3) is 12.2 Å². The van der Waals surface area contributed by atoms with Gasteiger partial charge in [-0.15, -0.1) is 11.3 Å². The molecule has 0 fully saturated rings. The first-order chi connectivity index (χ1) is 11.4. The molecule has 0 saturated carbocycles. The summed E-state index contributed by atoms with van der Waals surface area (Å²) in [4.78, 5) is 24.4. The Morgan fingerprint density at radius 2 is 1.84 bits per heavy atom. The van der Waals surface area contributed by atoms with Crippen LogP contribution < -0.4 is 14.8 Å². The third kappa shape index (κ3) is 4.48. The number of rotatable bonds is 2. The number of hydrogen-bond acceptors (Lipinski definition) is 3. The smallest absolute Gasteiger partial charge is 0.302 e. The van der Waals surface area contributed by atoms with E-state index in [2.05, 4.69) is 0 Å². The zero-order chi connectivity index (χ0) is 19.0. The van der Waals surface area contributed by atoms with Gasteiger partial charge in [0.05, 0.1) is 10.1 Å². The number of thiazole rings is 1. The lowest BCUT2D eigenvalue weighted by molar-refractivity contribution is -0.137. The summed E-state index contributed by atoms with van der Waals surface area (Å²) < 4.78 is 40.4. The third-order valence-electron chi connectivity index (χ3n) is 3.57. The van der Waals surface area contributed by atoms with Crippen LogP contribution in [0.5, 0.6) is 0 Å². The lowest BCUT2D eigenvalue weighted by Gasteiger charge is -2.12. The van der Waals surface area contributed by atoms with E-state index in [9.17, 15) is 22.8 Å². The average Bonchev–Trinajstić information content (AvgIpc) is 2.74. The number of carbonyl (C=O) groups excluding carboxylic acids is 1. The van der Waals surface area contributed by atoms with Gasteiger partial charge in [0.2, 0.25) is 0 Å². The molecule has 0 N–H and O–H groups in total. The van der Waals surface area contributed by atoms with Crippen LogP contribution in [0.4, 0.5) is 13.2 Å². The number of aromatic nitrogens is 1. The predicted molar refractivity (Wildman–Crippen MR) is 92.7 cm³/mol. The molecule has 1 aromatic carbocycles. The maximum Gasteiger partial charge on any atom is 0.416 e. The molecule has 2 rings (SSSR count). The summed E-state index contributed by atoms with van der Waals surface area (Å²) in [7, 11) is 1.53. The van der Waals surface area contributed by atoms with Gasteiger partial charge >= 0.3 is 6.18 Å². The Hall–Kier alpha value is -2.15. The molecule has 0 spiro atoms. The van der Waals surface area contributed by atoms with Crippen molar-refractivity contribution in [2.45, 2.75) is 26.9 Å². The van der Waals surface area contributed by atoms with E-state index < -0.39 is 17.2 Å². The molecule has 0 unspecified atom stereocenters. The van der Waals surface area contributed by atoms with Crippen LogP contribution in [0.3, 0.4) is 0 Å². The predicted octanol–water partition coefficient (Wildman–Crippen LogP) is 2.69. The molecule has 134 valence electrons. The Morgan fingerprint density at radius 3 is 2.40 bits per heavy atom. The number of halogens is 3. The molecule has 3 nitrogen and oxygen atoms in total. The Bertz CT molecular complexity index is 975. The Kier molecular flexibility index (Phi) is 5.09. The van der Waals surface area contributed by atoms with Gasteiger partial charge in [-0.1, -0.05) is 32.9 Å². The van der Waals surface area contributed by atoms with Gasteiger partial charge in [0.25, 0.3) is 5.56 Å². The van der Waals surface area contributed by atoms with Crippen LogP contribution in [-0.4, -0.2) is 10.4 Å². The van der Waals surface area contributed by atoms with Crippen LogP contribution in [-0.2, 0) is 18.0 Å². The SMILES string of the molecule is Cn1c(=O)/c(=C\c2cccc(C(F)(F)F)c2)s/c1=C/C(=O)C(C)(C)C. The van der Waals surface area contributed by atoms with E-state index in [1.165, 1.54) is 35.9 Å². The maximum absolute atomic E-state index is 12.8. The fraction of sp³-hybridized carbons (Fsp3) is 0.333. The van der Waals surface area contributed by atoms with E-state index in [1.54, 1.807) is 20.8 Å². The van der Waals surface area contributed by atoms with Gasteiger partial charge in [0.15, 0.2) is 5.78 Å². The van der Waals surface area contributed by atoms with Crippen LogP contribution in [0.1, 0.15) is 31.9 Å². The number of alkyl halides is 3. The van der Waals surface area contributed by atoms with Gasteiger partial charge in [-0.2, -0.15) is 13.2 Å². The standard InChI is InChI=1S/C18H18F3NO2S/c1-17(2,3)14(23)10-15-22(4)16(24)13(25-15)9-11-6-5-7-12(8-11)18(19,20)21/h5-10H,1-4H3/b13-9+,15-10+. The Morgan fingerprint density at radius 1 is 1.20 bits per heavy atom. The topological polar surface area (TPSA) is 39.1 Å². The summed E-state index contributed by atoms with van der Waals surface area (Å²) in [6.07, 6.45) is -1.64. The third-order valence-corrected chi connectivity index (χ3v) is 4.68. The second-order valence-corrected chi connectivity index (χ2v) is 7.76. The highest BCUT2D eigenvalue weighted by molar-refractivity contribution is 7.07. The molecule has 0 aliphatic heterocycles. The molecule has 2 aromatic rings. The van der Waals surface area contributed by atoms with Crippen LogP contribution in [0.2, 0.25) is 0 Å². The van der Waals surface area contributed by atoms with E-state index in [0.29, 0.717) is 4.66 Å². The number of benzene rings is 1. The fourth-order valence-electron chi connectivity index (χ4n) is 1.99. The first-order valence-corrected chi connectivity index (χ1v) is 8.32. The minimum absolute atomic E-state index is 0.130. The highest BCUT2D eigenvalue weighted by Gasteiger charge is 2.30. The van der Waals surface area contributed by atoms with Crippen LogP contribution in [0.15, 0.2) is 29.1 Å². The van der Waals surface area contributed by atoms with Crippen molar-refractivity contribution in [1.82, 2.24) is 4.57 Å². The summed E-state index contributed by atoms with van der Waals surface area (Å²) in [6, 6.07) is 4.76. The van der Waals surface area contributed by atoms with Gasteiger partial charge in [0.1, 0.15) is 4.66 Å². The summed E-state index contributed by atoms with van der Waals surface area (Å²) in [5.74, 6) is -0.130. The van der Waals surface area contributed by atoms with E-state index in [1.807, 2.05) is 0 Å². The first-order valence-electron chi connectivity index (χ1n) is 7.50. The summed E-state index contributed by atoms with van der Waals surface area (Å²) in [5, 5.41) is 0. The number of hydrogen-bond donors (Lipinski definition) is 0. The van der Waals surface area contributed by atoms with E-state index in [4.69, 9.17) is 0 Å². The van der Waals surface area contributed by atoms with Crippen molar-refractivity contribution in [3.8, 4) is 0 Å². The second kappa shape index (κ2) is 6.63. The van der Waals surface area contributed by atoms with Crippen LogP contribution >= 0.6 is 11.3 Å². The minimum atomic E-state index is -4.44. The highest BCUT2D eigenvalue weighted by Crippen LogP contribution is 2.29. The molecule has 0 radical (unpaired) electrons. The fourth-order valence-corrected chi connectivity index (χ4v) is 3.02. The molecule has 0 atom stereocenters. The molecule has 0 aliphatic rings. The number of ketones is 1. The van der Waals surface area contributed by atoms with Crippen molar-refractivity contribution in [2.75, 3.05) is 0 Å². The molecule has 0 amide bonds. The quantitative estimate of drug-likeness (QED) is 0.817. The van der Waals surface area contributed by atoms with E-state index in [-0.39, 0.29) is 21.4 Å². The minimum Gasteiger partial charge on any atom is -0.302 e. The molecular weight excluding hydrogens is 351 g/mol. The van der Waals surface area contributed by atoms with Crippen LogP contribution in [0, 0.1) is 5.41 Å². The van der Waals surface area contributed by atoms with Crippen molar-refractivity contribution in [2.24, 2.45) is 12.5 Å². The molecular formula is C18H18F3NO2S. The number of carbonyl (C=O) groups is 1.